The van der Waals surface area contributed by atoms with E-state index >= 15 is 0 Å². The Kier molecular flexibility index (Phi) is 4.44. The minimum absolute atomic E-state index is 0.381. The number of rotatable bonds is 3. The Balaban J connectivity index is 2.35. The van der Waals surface area contributed by atoms with Gasteiger partial charge in [0.05, 0.1) is 6.04 Å². The third-order valence-corrected chi connectivity index (χ3v) is 4.48. The summed E-state index contributed by atoms with van der Waals surface area (Å²) < 4.78 is 2.48. The highest BCUT2D eigenvalue weighted by atomic mass is 127. The molecule has 1 aromatic rings. The lowest BCUT2D eigenvalue weighted by Gasteiger charge is -2.20. The van der Waals surface area contributed by atoms with Crippen molar-refractivity contribution >= 4 is 38.5 Å². The first-order valence-corrected chi connectivity index (χ1v) is 7.40. The maximum atomic E-state index is 3.55. The monoisotopic (exact) mass is 391 g/mol. The quantitative estimate of drug-likeness (QED) is 0.593. The van der Waals surface area contributed by atoms with Gasteiger partial charge < -0.3 is 5.32 Å². The lowest BCUT2D eigenvalue weighted by molar-refractivity contribution is 0.653. The molecule has 0 radical (unpaired) electrons. The molecule has 2 rings (SSSR count). The van der Waals surface area contributed by atoms with E-state index in [4.69, 9.17) is 0 Å². The Hall–Kier alpha value is 0.130. The molecule has 0 aliphatic heterocycles. The summed E-state index contributed by atoms with van der Waals surface area (Å²) in [6.07, 6.45) is 6.16. The highest BCUT2D eigenvalue weighted by Crippen LogP contribution is 2.33. The fourth-order valence-corrected chi connectivity index (χ4v) is 3.26. The van der Waals surface area contributed by atoms with Gasteiger partial charge >= 0.3 is 0 Å². The molecule has 1 aliphatic carbocycles. The fourth-order valence-electron chi connectivity index (χ4n) is 2.23. The van der Waals surface area contributed by atoms with Gasteiger partial charge in [-0.25, -0.2) is 0 Å². The first kappa shape index (κ1) is 12.6. The van der Waals surface area contributed by atoms with Gasteiger partial charge in [-0.05, 0) is 72.7 Å². The molecule has 0 saturated heterocycles. The summed E-state index contributed by atoms with van der Waals surface area (Å²) in [4.78, 5) is 0. The summed E-state index contributed by atoms with van der Waals surface area (Å²) in [6, 6.07) is 6.87. The van der Waals surface area contributed by atoms with Gasteiger partial charge in [0.2, 0.25) is 0 Å². The van der Waals surface area contributed by atoms with Crippen LogP contribution in [0.15, 0.2) is 34.3 Å². The summed E-state index contributed by atoms with van der Waals surface area (Å²) >= 11 is 5.97. The van der Waals surface area contributed by atoms with E-state index in [0.717, 1.165) is 4.47 Å². The van der Waals surface area contributed by atoms with Gasteiger partial charge in [-0.15, -0.1) is 0 Å². The highest BCUT2D eigenvalue weighted by molar-refractivity contribution is 14.1. The maximum Gasteiger partial charge on any atom is 0.0544 e. The van der Waals surface area contributed by atoms with Crippen LogP contribution in [0.5, 0.6) is 0 Å². The Bertz CT molecular complexity index is 414. The van der Waals surface area contributed by atoms with Gasteiger partial charge in [0.1, 0.15) is 0 Å². The van der Waals surface area contributed by atoms with Crippen molar-refractivity contribution in [2.24, 2.45) is 0 Å². The lowest BCUT2D eigenvalue weighted by atomic mass is 9.98. The minimum atomic E-state index is 0.381. The largest absolute Gasteiger partial charge is 0.310 e. The van der Waals surface area contributed by atoms with E-state index in [1.807, 2.05) is 7.05 Å². The Morgan fingerprint density at radius 1 is 1.44 bits per heavy atom. The summed E-state index contributed by atoms with van der Waals surface area (Å²) in [5.74, 6) is 0. The number of likely N-dealkylation sites (N-methyl/N-ethyl adjacent to an activating group) is 1. The van der Waals surface area contributed by atoms with Crippen LogP contribution in [0.2, 0.25) is 0 Å². The summed E-state index contributed by atoms with van der Waals surface area (Å²) in [7, 11) is 2.04. The molecule has 1 N–H and O–H groups in total. The van der Waals surface area contributed by atoms with Gasteiger partial charge in [0.25, 0.3) is 0 Å². The van der Waals surface area contributed by atoms with Gasteiger partial charge in [-0.2, -0.15) is 0 Å². The van der Waals surface area contributed by atoms with Gasteiger partial charge in [0, 0.05) is 8.04 Å². The van der Waals surface area contributed by atoms with E-state index in [1.54, 1.807) is 5.57 Å². The van der Waals surface area contributed by atoms with Gasteiger partial charge in [0.15, 0.2) is 0 Å². The van der Waals surface area contributed by atoms with Crippen LogP contribution < -0.4 is 5.32 Å². The Morgan fingerprint density at radius 3 is 2.88 bits per heavy atom. The second-order valence-electron chi connectivity index (χ2n) is 4.06. The molecule has 86 valence electrons. The molecule has 1 unspecified atom stereocenters. The van der Waals surface area contributed by atoms with E-state index in [1.165, 1.54) is 28.4 Å². The first-order chi connectivity index (χ1) is 7.72. The van der Waals surface area contributed by atoms with Crippen molar-refractivity contribution < 1.29 is 0 Å². The van der Waals surface area contributed by atoms with Crippen LogP contribution in [0.4, 0.5) is 0 Å². The molecule has 3 heteroatoms. The second kappa shape index (κ2) is 5.65. The van der Waals surface area contributed by atoms with E-state index in [0.29, 0.717) is 6.04 Å². The number of benzene rings is 1. The van der Waals surface area contributed by atoms with Gasteiger partial charge in [-0.1, -0.05) is 27.6 Å². The number of halogens is 2. The van der Waals surface area contributed by atoms with Crippen molar-refractivity contribution in [1.82, 2.24) is 5.32 Å². The normalized spacial score (nSPS) is 17.3. The predicted octanol–water partition coefficient (Wildman–Crippen LogP) is 4.42. The fraction of sp³-hybridized carbons (Fsp3) is 0.385. The Labute approximate surface area is 119 Å². The highest BCUT2D eigenvalue weighted by Gasteiger charge is 2.19. The maximum absolute atomic E-state index is 3.55. The summed E-state index contributed by atoms with van der Waals surface area (Å²) in [6.45, 7) is 0. The Morgan fingerprint density at radius 2 is 2.25 bits per heavy atom. The van der Waals surface area contributed by atoms with Crippen molar-refractivity contribution in [2.75, 3.05) is 7.05 Å². The van der Waals surface area contributed by atoms with Crippen LogP contribution in [-0.2, 0) is 0 Å². The number of hydrogen-bond acceptors (Lipinski definition) is 1. The summed E-state index contributed by atoms with van der Waals surface area (Å²) in [5, 5.41) is 3.43. The molecule has 0 bridgehead atoms. The second-order valence-corrected chi connectivity index (χ2v) is 6.14. The van der Waals surface area contributed by atoms with Crippen LogP contribution >= 0.6 is 38.5 Å². The molecular weight excluding hydrogens is 377 g/mol. The minimum Gasteiger partial charge on any atom is -0.310 e. The molecule has 16 heavy (non-hydrogen) atoms. The van der Waals surface area contributed by atoms with Crippen LogP contribution in [-0.4, -0.2) is 7.05 Å². The molecule has 0 heterocycles. The smallest absolute Gasteiger partial charge is 0.0544 e. The molecule has 0 saturated carbocycles. The average molecular weight is 392 g/mol. The van der Waals surface area contributed by atoms with Crippen molar-refractivity contribution in [3.05, 3.63) is 43.5 Å². The molecule has 0 aromatic heterocycles. The van der Waals surface area contributed by atoms with Gasteiger partial charge in [-0.3, -0.25) is 0 Å². The van der Waals surface area contributed by atoms with Crippen molar-refractivity contribution in [3.63, 3.8) is 0 Å². The third kappa shape index (κ3) is 2.68. The van der Waals surface area contributed by atoms with Crippen molar-refractivity contribution in [3.8, 4) is 0 Å². The first-order valence-electron chi connectivity index (χ1n) is 5.53. The van der Waals surface area contributed by atoms with E-state index in [2.05, 4.69) is 68.1 Å². The van der Waals surface area contributed by atoms with E-state index in [9.17, 15) is 0 Å². The summed E-state index contributed by atoms with van der Waals surface area (Å²) in [5.41, 5.74) is 2.92. The SMILES string of the molecule is CNC(C1=CCCC1)c1cc(Br)ccc1I. The molecule has 0 amide bonds. The lowest BCUT2D eigenvalue weighted by Crippen LogP contribution is -2.19. The van der Waals surface area contributed by atoms with E-state index in [-0.39, 0.29) is 0 Å². The number of allylic oxidation sites excluding steroid dienone is 1. The predicted molar refractivity (Wildman–Crippen MR) is 80.6 cm³/mol. The molecule has 1 aliphatic rings. The molecule has 1 aromatic carbocycles. The zero-order chi connectivity index (χ0) is 11.5. The van der Waals surface area contributed by atoms with Crippen LogP contribution in [0.25, 0.3) is 0 Å². The standard InChI is InChI=1S/C13H15BrIN/c1-16-13(9-4-2-3-5-9)11-8-10(14)6-7-12(11)15/h4,6-8,13,16H,2-3,5H2,1H3. The molecule has 0 spiro atoms. The zero-order valence-corrected chi connectivity index (χ0v) is 13.0. The van der Waals surface area contributed by atoms with Crippen LogP contribution in [0.3, 0.4) is 0 Å². The molecular formula is C13H15BrIN. The van der Waals surface area contributed by atoms with Crippen molar-refractivity contribution in [2.45, 2.75) is 25.3 Å². The molecule has 1 atom stereocenters. The average Bonchev–Trinajstić information content (AvgIpc) is 2.78. The third-order valence-electron chi connectivity index (χ3n) is 3.00. The molecule has 0 fully saturated rings. The van der Waals surface area contributed by atoms with Crippen molar-refractivity contribution in [1.29, 1.82) is 0 Å². The van der Waals surface area contributed by atoms with E-state index < -0.39 is 0 Å². The van der Waals surface area contributed by atoms with Crippen LogP contribution in [0, 0.1) is 3.57 Å². The number of nitrogens with one attached hydrogen (secondary N) is 1. The topological polar surface area (TPSA) is 12.0 Å². The zero-order valence-electron chi connectivity index (χ0n) is 9.26. The molecule has 1 nitrogen and oxygen atoms in total. The number of hydrogen-bond donors (Lipinski definition) is 1. The van der Waals surface area contributed by atoms with Crippen LogP contribution in [0.1, 0.15) is 30.9 Å².